The minimum Gasteiger partial charge on any atom is -0.277 e. The molecule has 3 aromatic rings. The Morgan fingerprint density at radius 3 is 0.897 bits per heavy atom. The van der Waals surface area contributed by atoms with E-state index < -0.39 is 0 Å². The van der Waals surface area contributed by atoms with Gasteiger partial charge in [-0.3, -0.25) is 29.0 Å². The highest BCUT2D eigenvalue weighted by Gasteiger charge is 2.35. The molecule has 0 saturated carbocycles. The van der Waals surface area contributed by atoms with Crippen LogP contribution in [0.15, 0.2) is 60.7 Å². The number of carbonyl (C=O) groups is 4. The maximum Gasteiger partial charge on any atom is 0.261 e. The van der Waals surface area contributed by atoms with Crippen LogP contribution in [0.4, 0.5) is 0 Å². The smallest absolute Gasteiger partial charge is 0.261 e. The van der Waals surface area contributed by atoms with Crippen LogP contribution in [0, 0.1) is 13.8 Å². The van der Waals surface area contributed by atoms with Crippen LogP contribution in [0.3, 0.4) is 0 Å². The molecule has 0 aromatic heterocycles. The highest BCUT2D eigenvalue weighted by atomic mass is 16.2. The molecule has 0 N–H and O–H groups in total. The summed E-state index contributed by atoms with van der Waals surface area (Å²) in [5.74, 6) is -1.30. The summed E-state index contributed by atoms with van der Waals surface area (Å²) in [6, 6.07) is 18.8. The Bertz CT molecular complexity index is 1200. The first-order chi connectivity index (χ1) is 18.6. The summed E-state index contributed by atoms with van der Waals surface area (Å²) in [6.07, 6.45) is 1.25. The largest absolute Gasteiger partial charge is 0.277 e. The highest BCUT2D eigenvalue weighted by molar-refractivity contribution is 6.23. The number of carbonyl (C=O) groups excluding carboxylic acids is 4. The first kappa shape index (κ1) is 33.0. The molecule has 0 bridgehead atoms. The topological polar surface area (TPSA) is 74.8 Å². The molecule has 2 heterocycles. The van der Waals surface area contributed by atoms with E-state index in [9.17, 15) is 19.2 Å². The van der Waals surface area contributed by atoms with Crippen molar-refractivity contribution in [3.05, 3.63) is 94.0 Å². The van der Waals surface area contributed by atoms with Gasteiger partial charge in [0.25, 0.3) is 23.6 Å². The van der Waals surface area contributed by atoms with E-state index in [1.807, 2.05) is 77.9 Å². The van der Waals surface area contributed by atoms with Crippen LogP contribution in [0.2, 0.25) is 0 Å². The average molecular weight is 531 g/mol. The summed E-state index contributed by atoms with van der Waals surface area (Å²) in [5, 5.41) is 0. The molecular formula is C33H42N2O4. The van der Waals surface area contributed by atoms with Crippen molar-refractivity contribution in [2.45, 2.75) is 61.8 Å². The third kappa shape index (κ3) is 7.08. The van der Waals surface area contributed by atoms with Gasteiger partial charge in [-0.25, -0.2) is 0 Å². The molecule has 0 unspecified atom stereocenters. The monoisotopic (exact) mass is 530 g/mol. The first-order valence-corrected chi connectivity index (χ1v) is 13.6. The van der Waals surface area contributed by atoms with Gasteiger partial charge >= 0.3 is 0 Å². The SMILES string of the molecule is CC.CC.CCC.Cc1cc2c(cc1-c1cc3c(cc1C)C(=O)N(C)C3=O)C(=O)N(C)C2=O.c1ccccc1. The molecule has 0 atom stereocenters. The molecule has 4 amide bonds. The lowest BCUT2D eigenvalue weighted by molar-refractivity contribution is 0.0677. The summed E-state index contributed by atoms with van der Waals surface area (Å²) in [4.78, 5) is 51.1. The predicted molar refractivity (Wildman–Crippen MR) is 159 cm³/mol. The van der Waals surface area contributed by atoms with Crippen LogP contribution in [0.5, 0.6) is 0 Å². The lowest BCUT2D eigenvalue weighted by atomic mass is 9.90. The summed E-state index contributed by atoms with van der Waals surface area (Å²) >= 11 is 0. The quantitative estimate of drug-likeness (QED) is 0.304. The number of benzene rings is 3. The van der Waals surface area contributed by atoms with Crippen LogP contribution < -0.4 is 0 Å². The number of hydrogen-bond donors (Lipinski definition) is 0. The fraction of sp³-hybridized carbons (Fsp3) is 0.333. The molecule has 6 nitrogen and oxygen atoms in total. The summed E-state index contributed by atoms with van der Waals surface area (Å²) in [6.45, 7) is 16.0. The summed E-state index contributed by atoms with van der Waals surface area (Å²) in [5.41, 5.74) is 4.70. The number of rotatable bonds is 1. The standard InChI is InChI=1S/C20H16N2O4.C6H6.C3H8.2C2H6/c1-9-5-13-15(19(25)21(3)17(13)23)7-11(9)12-8-16-14(6-10(12)2)18(24)22(4)20(16)26;1-2-4-6-5-3-1;1-3-2;2*1-2/h5-8H,1-4H3;1-6H;3H2,1-2H3;2*1-2H3. The molecule has 0 radical (unpaired) electrons. The first-order valence-electron chi connectivity index (χ1n) is 13.6. The normalized spacial score (nSPS) is 12.6. The molecule has 0 spiro atoms. The van der Waals surface area contributed by atoms with Gasteiger partial charge in [0.15, 0.2) is 0 Å². The van der Waals surface area contributed by atoms with E-state index in [2.05, 4.69) is 13.8 Å². The van der Waals surface area contributed by atoms with E-state index in [4.69, 9.17) is 0 Å². The van der Waals surface area contributed by atoms with Gasteiger partial charge in [0.1, 0.15) is 0 Å². The van der Waals surface area contributed by atoms with E-state index >= 15 is 0 Å². The van der Waals surface area contributed by atoms with Crippen LogP contribution in [-0.2, 0) is 0 Å². The molecule has 5 rings (SSSR count). The van der Waals surface area contributed by atoms with Crippen molar-refractivity contribution in [3.8, 4) is 11.1 Å². The van der Waals surface area contributed by atoms with E-state index in [1.165, 1.54) is 20.5 Å². The van der Waals surface area contributed by atoms with E-state index in [-0.39, 0.29) is 23.6 Å². The molecule has 208 valence electrons. The molecule has 0 saturated heterocycles. The van der Waals surface area contributed by atoms with Crippen molar-refractivity contribution in [2.24, 2.45) is 0 Å². The Morgan fingerprint density at radius 1 is 0.462 bits per heavy atom. The second-order valence-corrected chi connectivity index (χ2v) is 8.63. The second kappa shape index (κ2) is 15.4. The van der Waals surface area contributed by atoms with E-state index in [1.54, 1.807) is 24.3 Å². The second-order valence-electron chi connectivity index (χ2n) is 8.63. The Hall–Kier alpha value is -4.06. The number of aryl methyl sites for hydroxylation is 2. The molecule has 3 aromatic carbocycles. The van der Waals surface area contributed by atoms with Crippen molar-refractivity contribution >= 4 is 23.6 Å². The predicted octanol–water partition coefficient (Wildman–Crippen LogP) is 7.58. The van der Waals surface area contributed by atoms with Gasteiger partial charge in [-0.15, -0.1) is 0 Å². The number of nitrogens with zero attached hydrogens (tertiary/aromatic N) is 2. The Labute approximate surface area is 233 Å². The fourth-order valence-corrected chi connectivity index (χ4v) is 4.00. The number of hydrogen-bond acceptors (Lipinski definition) is 4. The van der Waals surface area contributed by atoms with Gasteiger partial charge in [0, 0.05) is 14.1 Å². The third-order valence-corrected chi connectivity index (χ3v) is 5.83. The summed E-state index contributed by atoms with van der Waals surface area (Å²) in [7, 11) is 2.92. The zero-order chi connectivity index (χ0) is 29.9. The van der Waals surface area contributed by atoms with E-state index in [0.717, 1.165) is 32.1 Å². The Balaban J connectivity index is 0.000000492. The maximum atomic E-state index is 12.3. The van der Waals surface area contributed by atoms with Crippen molar-refractivity contribution in [2.75, 3.05) is 14.1 Å². The molecule has 0 fully saturated rings. The van der Waals surface area contributed by atoms with Crippen molar-refractivity contribution in [1.82, 2.24) is 9.80 Å². The molecule has 6 heteroatoms. The third-order valence-electron chi connectivity index (χ3n) is 5.83. The number of amides is 4. The van der Waals surface area contributed by atoms with Gasteiger partial charge in [0.2, 0.25) is 0 Å². The molecule has 2 aliphatic heterocycles. The lowest BCUT2D eigenvalue weighted by Crippen LogP contribution is -2.24. The van der Waals surface area contributed by atoms with Gasteiger partial charge < -0.3 is 0 Å². The van der Waals surface area contributed by atoms with Crippen LogP contribution in [0.25, 0.3) is 11.1 Å². The minimum atomic E-state index is -0.337. The highest BCUT2D eigenvalue weighted by Crippen LogP contribution is 2.35. The molecule has 2 aliphatic rings. The minimum absolute atomic E-state index is 0.312. The van der Waals surface area contributed by atoms with Crippen LogP contribution in [-0.4, -0.2) is 47.5 Å². The maximum absolute atomic E-state index is 12.3. The number of fused-ring (bicyclic) bond motifs is 2. The zero-order valence-corrected chi connectivity index (χ0v) is 25.0. The molecule has 0 aliphatic carbocycles. The van der Waals surface area contributed by atoms with Crippen LogP contribution in [0.1, 0.15) is 101 Å². The van der Waals surface area contributed by atoms with Gasteiger partial charge in [-0.05, 0) is 60.4 Å². The van der Waals surface area contributed by atoms with E-state index in [0.29, 0.717) is 22.3 Å². The molecule has 39 heavy (non-hydrogen) atoms. The Morgan fingerprint density at radius 2 is 0.667 bits per heavy atom. The van der Waals surface area contributed by atoms with Gasteiger partial charge in [-0.1, -0.05) is 84.4 Å². The van der Waals surface area contributed by atoms with Crippen LogP contribution >= 0.6 is 0 Å². The summed E-state index contributed by atoms with van der Waals surface area (Å²) < 4.78 is 0. The van der Waals surface area contributed by atoms with Crippen molar-refractivity contribution in [1.29, 1.82) is 0 Å². The van der Waals surface area contributed by atoms with Crippen molar-refractivity contribution in [3.63, 3.8) is 0 Å². The number of imide groups is 2. The average Bonchev–Trinajstić information content (AvgIpc) is 3.30. The van der Waals surface area contributed by atoms with Gasteiger partial charge in [0.05, 0.1) is 22.3 Å². The lowest BCUT2D eigenvalue weighted by Gasteiger charge is -2.12. The zero-order valence-electron chi connectivity index (χ0n) is 25.0. The fourth-order valence-electron chi connectivity index (χ4n) is 4.00. The molecular weight excluding hydrogens is 488 g/mol. The Kier molecular flexibility index (Phi) is 13.0. The van der Waals surface area contributed by atoms with Crippen molar-refractivity contribution < 1.29 is 19.2 Å². The van der Waals surface area contributed by atoms with Gasteiger partial charge in [-0.2, -0.15) is 0 Å².